The second-order valence-electron chi connectivity index (χ2n) is 10.1. The first-order valence-corrected chi connectivity index (χ1v) is 14.1. The van der Waals surface area contributed by atoms with Crippen LogP contribution in [0.5, 0.6) is 0 Å². The highest BCUT2D eigenvalue weighted by Crippen LogP contribution is 2.38. The lowest BCUT2D eigenvalue weighted by atomic mass is 9.94. The molecule has 1 aliphatic heterocycles. The molecule has 0 aromatic heterocycles. The van der Waals surface area contributed by atoms with Crippen LogP contribution in [0.1, 0.15) is 46.5 Å². The molecule has 0 bridgehead atoms. The molecule has 0 amide bonds. The zero-order valence-electron chi connectivity index (χ0n) is 20.5. The smallest absolute Gasteiger partial charge is 0.303 e. The van der Waals surface area contributed by atoms with Crippen molar-refractivity contribution in [3.63, 3.8) is 0 Å². The van der Waals surface area contributed by atoms with E-state index < -0.39 is 20.4 Å². The third-order valence-electron chi connectivity index (χ3n) is 6.69. The Bertz CT molecular complexity index is 883. The number of carbonyl (C=O) groups is 1. The lowest BCUT2D eigenvalue weighted by Gasteiger charge is -2.43. The first kappa shape index (κ1) is 26.4. The first-order valence-electron chi connectivity index (χ1n) is 12.2. The Morgan fingerprint density at radius 3 is 2.12 bits per heavy atom. The number of ether oxygens (including phenoxy) is 1. The highest BCUT2D eigenvalue weighted by molar-refractivity contribution is 6.99. The van der Waals surface area contributed by atoms with Crippen molar-refractivity contribution in [1.82, 2.24) is 0 Å². The van der Waals surface area contributed by atoms with E-state index in [-0.39, 0.29) is 23.5 Å². The lowest BCUT2D eigenvalue weighted by molar-refractivity contribution is -0.136. The van der Waals surface area contributed by atoms with Crippen molar-refractivity contribution in [2.75, 3.05) is 13.2 Å². The second kappa shape index (κ2) is 11.9. The van der Waals surface area contributed by atoms with Gasteiger partial charge in [-0.3, -0.25) is 4.79 Å². The number of carboxylic acid groups (broad SMARTS) is 1. The standard InChI is InChI=1S/C28H38O5Si/c1-28(2,3)34(22-14-8-6-9-15-22,23-16-10-7-11-17-23)33-21-26-24(25(29)20-32-26)18-12-4-5-13-19-27(30)31/h4-11,14-17,24-26,29H,12-13,18-21H2,1-3H3,(H,30,31)/b5-4-/t24-,25-,26+/m0/s1. The molecule has 2 aromatic rings. The van der Waals surface area contributed by atoms with Gasteiger partial charge < -0.3 is 19.4 Å². The minimum atomic E-state index is -2.66. The van der Waals surface area contributed by atoms with Gasteiger partial charge in [-0.05, 0) is 34.7 Å². The zero-order chi connectivity index (χ0) is 24.6. The summed E-state index contributed by atoms with van der Waals surface area (Å²) in [6.45, 7) is 7.51. The normalized spacial score (nSPS) is 21.2. The highest BCUT2D eigenvalue weighted by Gasteiger charge is 2.51. The Labute approximate surface area is 204 Å². The third-order valence-corrected chi connectivity index (χ3v) is 11.7. The van der Waals surface area contributed by atoms with Gasteiger partial charge in [0.2, 0.25) is 0 Å². The molecule has 34 heavy (non-hydrogen) atoms. The van der Waals surface area contributed by atoms with Crippen molar-refractivity contribution in [2.24, 2.45) is 5.92 Å². The van der Waals surface area contributed by atoms with Gasteiger partial charge in [0.1, 0.15) is 0 Å². The number of aliphatic hydroxyl groups is 1. The lowest BCUT2D eigenvalue weighted by Crippen LogP contribution is -2.67. The molecule has 2 aromatic carbocycles. The summed E-state index contributed by atoms with van der Waals surface area (Å²) in [5, 5.41) is 21.7. The van der Waals surface area contributed by atoms with Gasteiger partial charge in [0.15, 0.2) is 0 Å². The van der Waals surface area contributed by atoms with Gasteiger partial charge in [-0.1, -0.05) is 93.6 Å². The molecule has 1 fully saturated rings. The summed E-state index contributed by atoms with van der Waals surface area (Å²) >= 11 is 0. The van der Waals surface area contributed by atoms with E-state index in [2.05, 4.69) is 69.3 Å². The maximum atomic E-state index is 10.7. The summed E-state index contributed by atoms with van der Waals surface area (Å²) in [7, 11) is -2.66. The maximum Gasteiger partial charge on any atom is 0.303 e. The molecule has 2 N–H and O–H groups in total. The van der Waals surface area contributed by atoms with Crippen molar-refractivity contribution in [1.29, 1.82) is 0 Å². The number of carboxylic acids is 1. The van der Waals surface area contributed by atoms with E-state index >= 15 is 0 Å². The highest BCUT2D eigenvalue weighted by atomic mass is 28.4. The fraction of sp³-hybridized carbons (Fsp3) is 0.464. The third kappa shape index (κ3) is 6.24. The fourth-order valence-corrected chi connectivity index (χ4v) is 9.54. The molecule has 0 radical (unpaired) electrons. The van der Waals surface area contributed by atoms with Gasteiger partial charge in [0.25, 0.3) is 8.32 Å². The Kier molecular flexibility index (Phi) is 9.25. The Morgan fingerprint density at radius 2 is 1.59 bits per heavy atom. The average Bonchev–Trinajstić information content (AvgIpc) is 3.16. The number of benzene rings is 2. The molecular formula is C28H38O5Si. The largest absolute Gasteiger partial charge is 0.481 e. The van der Waals surface area contributed by atoms with E-state index in [1.165, 1.54) is 10.4 Å². The van der Waals surface area contributed by atoms with Crippen LogP contribution in [0.4, 0.5) is 0 Å². The van der Waals surface area contributed by atoms with Crippen LogP contribution < -0.4 is 10.4 Å². The van der Waals surface area contributed by atoms with E-state index in [0.717, 1.165) is 12.8 Å². The molecule has 1 saturated heterocycles. The quantitative estimate of drug-likeness (QED) is 0.372. The maximum absolute atomic E-state index is 10.7. The van der Waals surface area contributed by atoms with E-state index in [1.54, 1.807) is 0 Å². The summed E-state index contributed by atoms with van der Waals surface area (Å²) in [6, 6.07) is 21.1. The molecular weight excluding hydrogens is 444 g/mol. The summed E-state index contributed by atoms with van der Waals surface area (Å²) in [5.41, 5.74) is 0. The van der Waals surface area contributed by atoms with Crippen LogP contribution in [0.15, 0.2) is 72.8 Å². The molecule has 1 aliphatic rings. The number of hydrogen-bond acceptors (Lipinski definition) is 4. The van der Waals surface area contributed by atoms with Crippen LogP contribution in [-0.2, 0) is 14.0 Å². The topological polar surface area (TPSA) is 76.0 Å². The molecule has 0 spiro atoms. The second-order valence-corrected chi connectivity index (χ2v) is 14.4. The van der Waals surface area contributed by atoms with Gasteiger partial charge >= 0.3 is 5.97 Å². The van der Waals surface area contributed by atoms with Crippen LogP contribution in [0, 0.1) is 5.92 Å². The molecule has 0 aliphatic carbocycles. The van der Waals surface area contributed by atoms with Crippen molar-refractivity contribution < 1.29 is 24.2 Å². The minimum absolute atomic E-state index is 0.0117. The molecule has 0 saturated carbocycles. The Morgan fingerprint density at radius 1 is 1.03 bits per heavy atom. The van der Waals surface area contributed by atoms with Crippen LogP contribution in [0.2, 0.25) is 5.04 Å². The van der Waals surface area contributed by atoms with Crippen LogP contribution in [-0.4, -0.2) is 49.9 Å². The van der Waals surface area contributed by atoms with Gasteiger partial charge in [-0.15, -0.1) is 0 Å². The van der Waals surface area contributed by atoms with Crippen LogP contribution >= 0.6 is 0 Å². The molecule has 3 rings (SSSR count). The molecule has 3 atom stereocenters. The summed E-state index contributed by atoms with van der Waals surface area (Å²) in [5.74, 6) is -0.799. The Balaban J connectivity index is 1.79. The number of hydrogen-bond donors (Lipinski definition) is 2. The number of aliphatic hydroxyl groups excluding tert-OH is 1. The van der Waals surface area contributed by atoms with Gasteiger partial charge in [0.05, 0.1) is 25.4 Å². The predicted molar refractivity (Wildman–Crippen MR) is 138 cm³/mol. The van der Waals surface area contributed by atoms with E-state index in [1.807, 2.05) is 24.3 Å². The Hall–Kier alpha value is -2.25. The molecule has 184 valence electrons. The van der Waals surface area contributed by atoms with Crippen molar-refractivity contribution in [3.05, 3.63) is 72.8 Å². The number of allylic oxidation sites excluding steroid dienone is 2. The molecule has 0 unspecified atom stereocenters. The van der Waals surface area contributed by atoms with Crippen molar-refractivity contribution in [2.45, 2.75) is 63.7 Å². The van der Waals surface area contributed by atoms with Crippen molar-refractivity contribution in [3.8, 4) is 0 Å². The zero-order valence-corrected chi connectivity index (χ0v) is 21.5. The average molecular weight is 483 g/mol. The molecule has 1 heterocycles. The van der Waals surface area contributed by atoms with Crippen molar-refractivity contribution >= 4 is 24.7 Å². The van der Waals surface area contributed by atoms with Crippen LogP contribution in [0.25, 0.3) is 0 Å². The predicted octanol–water partition coefficient (Wildman–Crippen LogP) is 4.14. The summed E-state index contributed by atoms with van der Waals surface area (Å²) < 4.78 is 13.0. The minimum Gasteiger partial charge on any atom is -0.481 e. The van der Waals surface area contributed by atoms with E-state index in [0.29, 0.717) is 19.6 Å². The monoisotopic (exact) mass is 482 g/mol. The van der Waals surface area contributed by atoms with E-state index in [4.69, 9.17) is 14.3 Å². The molecule has 6 heteroatoms. The van der Waals surface area contributed by atoms with Crippen LogP contribution in [0.3, 0.4) is 0 Å². The SMILES string of the molecule is CC(C)(C)[Si](OC[C@H]1OC[C@H](O)[C@@H]1CC/C=C\CCC(=O)O)(c1ccccc1)c1ccccc1. The number of rotatable bonds is 11. The van der Waals surface area contributed by atoms with E-state index in [9.17, 15) is 9.90 Å². The van der Waals surface area contributed by atoms with Gasteiger partial charge in [-0.25, -0.2) is 0 Å². The molecule has 5 nitrogen and oxygen atoms in total. The van der Waals surface area contributed by atoms with Gasteiger partial charge in [0, 0.05) is 12.3 Å². The number of aliphatic carboxylic acids is 1. The first-order chi connectivity index (χ1) is 16.3. The fourth-order valence-electron chi connectivity index (χ4n) is 4.97. The summed E-state index contributed by atoms with van der Waals surface area (Å²) in [4.78, 5) is 10.7. The van der Waals surface area contributed by atoms with Gasteiger partial charge in [-0.2, -0.15) is 0 Å². The summed E-state index contributed by atoms with van der Waals surface area (Å²) in [6.07, 6.45) is 5.45.